The van der Waals surface area contributed by atoms with Gasteiger partial charge in [0.25, 0.3) is 0 Å². The lowest BCUT2D eigenvalue weighted by Gasteiger charge is -2.11. The minimum Gasteiger partial charge on any atom is -0.456 e. The van der Waals surface area contributed by atoms with Crippen LogP contribution in [0.5, 0.6) is 0 Å². The summed E-state index contributed by atoms with van der Waals surface area (Å²) in [5, 5.41) is 7.03. The maximum absolute atomic E-state index is 6.31. The topological polar surface area (TPSA) is 56.7 Å². The van der Waals surface area contributed by atoms with Crippen LogP contribution in [0.3, 0.4) is 0 Å². The van der Waals surface area contributed by atoms with Crippen molar-refractivity contribution in [3.63, 3.8) is 0 Å². The van der Waals surface area contributed by atoms with Crippen molar-refractivity contribution < 1.29 is 4.42 Å². The van der Waals surface area contributed by atoms with Crippen molar-refractivity contribution in [2.45, 2.75) is 0 Å². The molecule has 0 saturated heterocycles. The van der Waals surface area contributed by atoms with Crippen LogP contribution in [0.4, 0.5) is 0 Å². The zero-order valence-electron chi connectivity index (χ0n) is 30.4. The largest absolute Gasteiger partial charge is 0.456 e. The molecule has 0 aliphatic rings. The molecule has 12 rings (SSSR count). The monoisotopic (exact) mass is 746 g/mol. The molecule has 0 saturated carbocycles. The second kappa shape index (κ2) is 12.6. The highest BCUT2D eigenvalue weighted by Gasteiger charge is 2.19. The predicted octanol–water partition coefficient (Wildman–Crippen LogP) is 13.9. The third-order valence-electron chi connectivity index (χ3n) is 11.1. The van der Waals surface area contributed by atoms with E-state index in [0.717, 1.165) is 60.0 Å². The molecule has 0 unspecified atom stereocenters. The van der Waals surface area contributed by atoms with Gasteiger partial charge in [0.15, 0.2) is 17.5 Å². The normalized spacial score (nSPS) is 11.9. The fourth-order valence-electron chi connectivity index (χ4n) is 8.36. The Hall–Kier alpha value is -7.41. The Bertz CT molecular complexity index is 3520. The Morgan fingerprint density at radius 1 is 0.386 bits per heavy atom. The minimum absolute atomic E-state index is 0.593. The van der Waals surface area contributed by atoms with Crippen molar-refractivity contribution in [3.8, 4) is 51.0 Å². The molecule has 0 spiro atoms. The second-order valence-electron chi connectivity index (χ2n) is 14.4. The molecular formula is C51H30N4OS. The minimum atomic E-state index is 0.593. The molecule has 5 nitrogen and oxygen atoms in total. The molecule has 0 atom stereocenters. The zero-order chi connectivity index (χ0) is 37.5. The average Bonchev–Trinajstić information content (AvgIpc) is 3.96. The average molecular weight is 747 g/mol. The van der Waals surface area contributed by atoms with Crippen molar-refractivity contribution in [2.24, 2.45) is 0 Å². The van der Waals surface area contributed by atoms with Gasteiger partial charge in [-0.15, -0.1) is 11.3 Å². The van der Waals surface area contributed by atoms with E-state index in [9.17, 15) is 0 Å². The molecule has 6 heteroatoms. The number of benzene rings is 8. The number of fused-ring (bicyclic) bond motifs is 9. The van der Waals surface area contributed by atoms with Gasteiger partial charge in [0, 0.05) is 64.1 Å². The van der Waals surface area contributed by atoms with E-state index in [1.165, 1.54) is 37.4 Å². The molecule has 266 valence electrons. The maximum Gasteiger partial charge on any atom is 0.165 e. The highest BCUT2D eigenvalue weighted by atomic mass is 32.1. The summed E-state index contributed by atoms with van der Waals surface area (Å²) < 4.78 is 11.1. The molecule has 0 aliphatic carbocycles. The number of furan rings is 1. The van der Waals surface area contributed by atoms with E-state index in [4.69, 9.17) is 19.4 Å². The number of nitrogens with zero attached hydrogens (tertiary/aromatic N) is 4. The molecule has 0 bridgehead atoms. The lowest BCUT2D eigenvalue weighted by atomic mass is 10.0. The summed E-state index contributed by atoms with van der Waals surface area (Å²) in [6.45, 7) is 0. The van der Waals surface area contributed by atoms with Crippen LogP contribution in [0.25, 0.3) is 115 Å². The van der Waals surface area contributed by atoms with Gasteiger partial charge in [0.05, 0.1) is 11.0 Å². The lowest BCUT2D eigenvalue weighted by molar-refractivity contribution is 0.669. The van der Waals surface area contributed by atoms with Gasteiger partial charge in [0.1, 0.15) is 11.2 Å². The highest BCUT2D eigenvalue weighted by Crippen LogP contribution is 2.41. The van der Waals surface area contributed by atoms with Crippen LogP contribution in [0.1, 0.15) is 0 Å². The fraction of sp³-hybridized carbons (Fsp3) is 0. The van der Waals surface area contributed by atoms with Gasteiger partial charge in [-0.2, -0.15) is 0 Å². The first-order valence-electron chi connectivity index (χ1n) is 19.0. The molecule has 57 heavy (non-hydrogen) atoms. The van der Waals surface area contributed by atoms with Gasteiger partial charge in [-0.05, 0) is 77.9 Å². The number of para-hydroxylation sites is 2. The van der Waals surface area contributed by atoms with Crippen LogP contribution in [0, 0.1) is 0 Å². The van der Waals surface area contributed by atoms with Crippen LogP contribution < -0.4 is 0 Å². The van der Waals surface area contributed by atoms with Gasteiger partial charge in [0.2, 0.25) is 0 Å². The van der Waals surface area contributed by atoms with Gasteiger partial charge < -0.3 is 8.98 Å². The zero-order valence-corrected chi connectivity index (χ0v) is 31.2. The fourth-order valence-corrected chi connectivity index (χ4v) is 9.57. The summed E-state index contributed by atoms with van der Waals surface area (Å²) in [6.07, 6.45) is 0. The van der Waals surface area contributed by atoms with Crippen molar-refractivity contribution in [1.29, 1.82) is 0 Å². The molecule has 0 amide bonds. The van der Waals surface area contributed by atoms with E-state index in [0.29, 0.717) is 17.5 Å². The highest BCUT2D eigenvalue weighted by molar-refractivity contribution is 7.26. The van der Waals surface area contributed by atoms with Gasteiger partial charge in [-0.25, -0.2) is 15.0 Å². The van der Waals surface area contributed by atoms with Crippen LogP contribution in [0.2, 0.25) is 0 Å². The first-order valence-corrected chi connectivity index (χ1v) is 19.8. The van der Waals surface area contributed by atoms with Crippen molar-refractivity contribution in [1.82, 2.24) is 19.5 Å². The molecule has 0 radical (unpaired) electrons. The second-order valence-corrected chi connectivity index (χ2v) is 15.4. The van der Waals surface area contributed by atoms with Crippen molar-refractivity contribution >= 4 is 75.3 Å². The Labute approximate surface area is 330 Å². The van der Waals surface area contributed by atoms with Gasteiger partial charge in [-0.1, -0.05) is 115 Å². The molecule has 0 fully saturated rings. The summed E-state index contributed by atoms with van der Waals surface area (Å²) >= 11 is 1.77. The van der Waals surface area contributed by atoms with E-state index in [-0.39, 0.29) is 0 Å². The Balaban J connectivity index is 1.03. The van der Waals surface area contributed by atoms with E-state index >= 15 is 0 Å². The first kappa shape index (κ1) is 31.9. The number of hydrogen-bond acceptors (Lipinski definition) is 5. The number of rotatable bonds is 5. The summed E-state index contributed by atoms with van der Waals surface area (Å²) in [6, 6.07) is 63.9. The molecule has 8 aromatic carbocycles. The standard InChI is InChI=1S/C51H30N4OS/c1-2-11-31(12-3-1)33-23-27-37-36-13-4-7-18-43(36)55(44(37)29-33)35-25-21-32(22-26-35)49-52-50(34-24-28-39-38-14-5-8-19-45(38)56-46(39)30-34)54-51(53-49)42-17-10-16-41-40-15-6-9-20-47(40)57-48(41)42/h1-30H. The maximum atomic E-state index is 6.31. The third-order valence-corrected chi connectivity index (χ3v) is 12.3. The van der Waals surface area contributed by atoms with Crippen LogP contribution in [-0.4, -0.2) is 19.5 Å². The Morgan fingerprint density at radius 2 is 1.02 bits per heavy atom. The van der Waals surface area contributed by atoms with Crippen LogP contribution in [-0.2, 0) is 0 Å². The third kappa shape index (κ3) is 5.12. The smallest absolute Gasteiger partial charge is 0.165 e. The van der Waals surface area contributed by atoms with Crippen LogP contribution in [0.15, 0.2) is 186 Å². The molecule has 12 aromatic rings. The molecule has 4 aromatic heterocycles. The molecule has 0 N–H and O–H groups in total. The van der Waals surface area contributed by atoms with Gasteiger partial charge >= 0.3 is 0 Å². The SMILES string of the molecule is c1ccc(-c2ccc3c4ccccc4n(-c4ccc(-c5nc(-c6ccc7c(c6)oc6ccccc67)nc(-c6cccc7c6sc6ccccc67)n5)cc4)c3c2)cc1. The first-order chi connectivity index (χ1) is 28.2. The number of hydrogen-bond donors (Lipinski definition) is 0. The molecular weight excluding hydrogens is 717 g/mol. The van der Waals surface area contributed by atoms with Crippen molar-refractivity contribution in [3.05, 3.63) is 182 Å². The molecule has 4 heterocycles. The van der Waals surface area contributed by atoms with Crippen molar-refractivity contribution in [2.75, 3.05) is 0 Å². The summed E-state index contributed by atoms with van der Waals surface area (Å²) in [5.41, 5.74) is 10.2. The van der Waals surface area contributed by atoms with E-state index in [2.05, 4.69) is 162 Å². The summed E-state index contributed by atoms with van der Waals surface area (Å²) in [7, 11) is 0. The summed E-state index contributed by atoms with van der Waals surface area (Å²) in [4.78, 5) is 15.5. The van der Waals surface area contributed by atoms with E-state index in [1.807, 2.05) is 24.3 Å². The molecule has 0 aliphatic heterocycles. The number of aromatic nitrogens is 4. The lowest BCUT2D eigenvalue weighted by Crippen LogP contribution is -2.01. The Morgan fingerprint density at radius 3 is 1.89 bits per heavy atom. The van der Waals surface area contributed by atoms with E-state index < -0.39 is 0 Å². The predicted molar refractivity (Wildman–Crippen MR) is 236 cm³/mol. The quantitative estimate of drug-likeness (QED) is 0.176. The van der Waals surface area contributed by atoms with Crippen LogP contribution >= 0.6 is 11.3 Å². The van der Waals surface area contributed by atoms with E-state index in [1.54, 1.807) is 11.3 Å². The number of thiophene rings is 1. The summed E-state index contributed by atoms with van der Waals surface area (Å²) in [5.74, 6) is 1.84. The van der Waals surface area contributed by atoms with Gasteiger partial charge in [-0.3, -0.25) is 0 Å². The Kier molecular flexibility index (Phi) is 7.03.